The van der Waals surface area contributed by atoms with Gasteiger partial charge in [-0.1, -0.05) is 49.5 Å². The summed E-state index contributed by atoms with van der Waals surface area (Å²) >= 11 is 12.8. The maximum atomic E-state index is 13.4. The first-order valence-electron chi connectivity index (χ1n) is 5.56. The van der Waals surface area contributed by atoms with Gasteiger partial charge in [-0.25, -0.2) is 8.78 Å². The van der Waals surface area contributed by atoms with E-state index in [9.17, 15) is 8.78 Å². The van der Waals surface area contributed by atoms with Crippen LogP contribution in [0.4, 0.5) is 8.78 Å². The summed E-state index contributed by atoms with van der Waals surface area (Å²) in [7, 11) is 1.54. The molecule has 0 heterocycles. The normalized spacial score (nSPS) is 12.3. The molecule has 0 aliphatic rings. The van der Waals surface area contributed by atoms with Gasteiger partial charge < -0.3 is 4.74 Å². The molecule has 0 N–H and O–H groups in total. The summed E-state index contributed by atoms with van der Waals surface area (Å²) in [5.74, 6) is -1.30. The molecule has 2 aromatic carbocycles. The number of hydrogen-bond acceptors (Lipinski definition) is 1. The third kappa shape index (κ3) is 3.15. The van der Waals surface area contributed by atoms with Gasteiger partial charge >= 0.3 is 0 Å². The van der Waals surface area contributed by atoms with Crippen molar-refractivity contribution in [3.05, 3.63) is 62.6 Å². The Morgan fingerprint density at radius 1 is 1.10 bits per heavy atom. The first kappa shape index (κ1) is 15.7. The summed E-state index contributed by atoms with van der Waals surface area (Å²) in [6.45, 7) is 0. The highest BCUT2D eigenvalue weighted by Gasteiger charge is 2.20. The van der Waals surface area contributed by atoms with E-state index in [0.717, 1.165) is 22.2 Å². The van der Waals surface area contributed by atoms with Crippen LogP contribution in [0, 0.1) is 11.6 Å². The first-order chi connectivity index (χ1) is 9.43. The Kier molecular flexibility index (Phi) is 5.04. The molecule has 2 aromatic rings. The van der Waals surface area contributed by atoms with Crippen LogP contribution in [-0.4, -0.2) is 7.11 Å². The van der Waals surface area contributed by atoms with Gasteiger partial charge in [0.2, 0.25) is 0 Å². The molecule has 0 spiro atoms. The van der Waals surface area contributed by atoms with Gasteiger partial charge in [-0.3, -0.25) is 0 Å². The van der Waals surface area contributed by atoms with Crippen molar-refractivity contribution in [1.82, 2.24) is 0 Å². The maximum Gasteiger partial charge on any atom is 0.160 e. The van der Waals surface area contributed by atoms with Crippen molar-refractivity contribution in [2.75, 3.05) is 7.11 Å². The van der Waals surface area contributed by atoms with E-state index < -0.39 is 16.5 Å². The molecule has 0 aromatic heterocycles. The van der Waals surface area contributed by atoms with E-state index in [1.165, 1.54) is 7.11 Å². The van der Waals surface area contributed by atoms with Crippen LogP contribution in [0.1, 0.15) is 16.0 Å². The second-order valence-corrected chi connectivity index (χ2v) is 6.28. The van der Waals surface area contributed by atoms with E-state index in [1.807, 2.05) is 12.1 Å². The summed E-state index contributed by atoms with van der Waals surface area (Å²) in [4.78, 5) is -0.409. The fourth-order valence-electron chi connectivity index (χ4n) is 1.79. The molecule has 1 nitrogen and oxygen atoms in total. The van der Waals surface area contributed by atoms with E-state index in [0.29, 0.717) is 11.3 Å². The average Bonchev–Trinajstić information content (AvgIpc) is 2.42. The van der Waals surface area contributed by atoms with Gasteiger partial charge in [0.15, 0.2) is 11.6 Å². The zero-order valence-corrected chi connectivity index (χ0v) is 14.2. The molecule has 1 unspecified atom stereocenters. The van der Waals surface area contributed by atoms with Crippen LogP contribution in [0.2, 0.25) is 5.02 Å². The molecule has 2 rings (SSSR count). The number of benzene rings is 2. The number of methoxy groups -OCH3 is 1. The molecule has 106 valence electrons. The van der Waals surface area contributed by atoms with E-state index in [1.54, 1.807) is 6.07 Å². The second-order valence-electron chi connectivity index (χ2n) is 4.04. The van der Waals surface area contributed by atoms with Crippen LogP contribution in [0.5, 0.6) is 5.75 Å². The molecule has 0 aliphatic carbocycles. The zero-order valence-electron chi connectivity index (χ0n) is 10.3. The molecule has 20 heavy (non-hydrogen) atoms. The van der Waals surface area contributed by atoms with Crippen LogP contribution in [0.25, 0.3) is 0 Å². The first-order valence-corrected chi connectivity index (χ1v) is 7.64. The smallest absolute Gasteiger partial charge is 0.160 e. The van der Waals surface area contributed by atoms with Gasteiger partial charge in [0.25, 0.3) is 0 Å². The predicted molar refractivity (Wildman–Crippen MR) is 82.8 cm³/mol. The Labute approximate surface area is 137 Å². The molecular formula is C14H9Br2ClF2O. The van der Waals surface area contributed by atoms with Crippen LogP contribution >= 0.6 is 43.5 Å². The minimum absolute atomic E-state index is 0.149. The molecule has 0 fully saturated rings. The lowest BCUT2D eigenvalue weighted by atomic mass is 10.0. The SMILES string of the molecule is COc1cc(Br)ccc1C(Br)c1cc(F)c(F)cc1Cl. The highest BCUT2D eigenvalue weighted by molar-refractivity contribution is 9.10. The minimum atomic E-state index is -0.971. The van der Waals surface area contributed by atoms with Gasteiger partial charge in [-0.15, -0.1) is 0 Å². The molecule has 1 atom stereocenters. The highest BCUT2D eigenvalue weighted by atomic mass is 79.9. The van der Waals surface area contributed by atoms with Gasteiger partial charge in [-0.05, 0) is 29.8 Å². The van der Waals surface area contributed by atoms with Crippen LogP contribution in [0.3, 0.4) is 0 Å². The third-order valence-electron chi connectivity index (χ3n) is 2.78. The zero-order chi connectivity index (χ0) is 14.9. The Balaban J connectivity index is 2.51. The van der Waals surface area contributed by atoms with Crippen molar-refractivity contribution < 1.29 is 13.5 Å². The van der Waals surface area contributed by atoms with Crippen LogP contribution < -0.4 is 4.74 Å². The van der Waals surface area contributed by atoms with Gasteiger partial charge in [0.05, 0.1) is 11.9 Å². The van der Waals surface area contributed by atoms with Gasteiger partial charge in [-0.2, -0.15) is 0 Å². The standard InChI is InChI=1S/C14H9Br2ClF2O/c1-20-13-4-7(15)2-3-8(13)14(16)9-5-11(18)12(19)6-10(9)17/h2-6,14H,1H3. The molecule has 6 heteroatoms. The topological polar surface area (TPSA) is 9.23 Å². The maximum absolute atomic E-state index is 13.4. The number of ether oxygens (including phenoxy) is 1. The lowest BCUT2D eigenvalue weighted by Crippen LogP contribution is -2.00. The fourth-order valence-corrected chi connectivity index (χ4v) is 3.28. The molecule has 0 radical (unpaired) electrons. The van der Waals surface area contributed by atoms with Crippen LogP contribution in [0.15, 0.2) is 34.8 Å². The van der Waals surface area contributed by atoms with Crippen molar-refractivity contribution >= 4 is 43.5 Å². The molecular weight excluding hydrogens is 417 g/mol. The van der Waals surface area contributed by atoms with Crippen molar-refractivity contribution in [2.24, 2.45) is 0 Å². The predicted octanol–water partition coefficient (Wildman–Crippen LogP) is 5.87. The molecule has 0 saturated carbocycles. The quantitative estimate of drug-likeness (QED) is 0.440. The number of rotatable bonds is 3. The number of hydrogen-bond donors (Lipinski definition) is 0. The van der Waals surface area contributed by atoms with E-state index in [4.69, 9.17) is 16.3 Å². The summed E-state index contributed by atoms with van der Waals surface area (Å²) in [5, 5.41) is 0.149. The lowest BCUT2D eigenvalue weighted by Gasteiger charge is -2.16. The molecule has 0 aliphatic heterocycles. The Hall–Kier alpha value is -0.650. The number of alkyl halides is 1. The second kappa shape index (κ2) is 6.41. The molecule has 0 bridgehead atoms. The van der Waals surface area contributed by atoms with Crippen molar-refractivity contribution in [3.63, 3.8) is 0 Å². The summed E-state index contributed by atoms with van der Waals surface area (Å²) < 4.78 is 32.7. The average molecular weight is 426 g/mol. The highest BCUT2D eigenvalue weighted by Crippen LogP contribution is 2.41. The van der Waals surface area contributed by atoms with E-state index in [2.05, 4.69) is 31.9 Å². The summed E-state index contributed by atoms with van der Waals surface area (Å²) in [5.41, 5.74) is 1.20. The van der Waals surface area contributed by atoms with Crippen molar-refractivity contribution in [3.8, 4) is 5.75 Å². The molecule has 0 amide bonds. The van der Waals surface area contributed by atoms with Gasteiger partial charge in [0, 0.05) is 15.1 Å². The lowest BCUT2D eigenvalue weighted by molar-refractivity contribution is 0.410. The van der Waals surface area contributed by atoms with Crippen molar-refractivity contribution in [2.45, 2.75) is 4.83 Å². The van der Waals surface area contributed by atoms with E-state index in [-0.39, 0.29) is 5.02 Å². The Bertz CT molecular complexity index is 649. The Morgan fingerprint density at radius 3 is 2.40 bits per heavy atom. The summed E-state index contributed by atoms with van der Waals surface area (Å²) in [6.07, 6.45) is 0. The summed E-state index contributed by atoms with van der Waals surface area (Å²) in [6, 6.07) is 7.49. The third-order valence-corrected chi connectivity index (χ3v) is 4.59. The van der Waals surface area contributed by atoms with Gasteiger partial charge in [0.1, 0.15) is 5.75 Å². The fraction of sp³-hybridized carbons (Fsp3) is 0.143. The van der Waals surface area contributed by atoms with Crippen molar-refractivity contribution in [1.29, 1.82) is 0 Å². The van der Waals surface area contributed by atoms with E-state index >= 15 is 0 Å². The monoisotopic (exact) mass is 424 g/mol. The number of halogens is 5. The Morgan fingerprint density at radius 2 is 1.75 bits per heavy atom. The van der Waals surface area contributed by atoms with Crippen LogP contribution in [-0.2, 0) is 0 Å². The largest absolute Gasteiger partial charge is 0.496 e. The molecule has 0 saturated heterocycles. The minimum Gasteiger partial charge on any atom is -0.496 e.